The number of carbonyl (C=O) groups excluding carboxylic acids is 1. The van der Waals surface area contributed by atoms with E-state index < -0.39 is 10.0 Å². The Kier molecular flexibility index (Phi) is 5.51. The van der Waals surface area contributed by atoms with Crippen LogP contribution in [-0.4, -0.2) is 27.4 Å². The molecule has 0 aromatic heterocycles. The first kappa shape index (κ1) is 15.2. The molecule has 0 aliphatic rings. The SMILES string of the molecule is C#CCNCC(=O)Nc1ccc(CS(N)(=O)=O)cc1. The van der Waals surface area contributed by atoms with Crippen molar-refractivity contribution in [1.82, 2.24) is 5.32 Å². The highest BCUT2D eigenvalue weighted by atomic mass is 32.2. The lowest BCUT2D eigenvalue weighted by Gasteiger charge is -2.06. The highest BCUT2D eigenvalue weighted by Crippen LogP contribution is 2.10. The van der Waals surface area contributed by atoms with Crippen molar-refractivity contribution in [2.45, 2.75) is 5.75 Å². The van der Waals surface area contributed by atoms with E-state index in [4.69, 9.17) is 11.6 Å². The summed E-state index contributed by atoms with van der Waals surface area (Å²) in [6.07, 6.45) is 5.03. The second-order valence-corrected chi connectivity index (χ2v) is 5.47. The Balaban J connectivity index is 2.53. The molecule has 1 aromatic carbocycles. The Labute approximate surface area is 112 Å². The number of sulfonamides is 1. The van der Waals surface area contributed by atoms with E-state index in [0.29, 0.717) is 17.8 Å². The number of amides is 1. The van der Waals surface area contributed by atoms with Crippen molar-refractivity contribution in [2.75, 3.05) is 18.4 Å². The highest BCUT2D eigenvalue weighted by molar-refractivity contribution is 7.88. The van der Waals surface area contributed by atoms with Gasteiger partial charge in [0.15, 0.2) is 0 Å². The van der Waals surface area contributed by atoms with Crippen molar-refractivity contribution in [2.24, 2.45) is 5.14 Å². The average Bonchev–Trinajstić information content (AvgIpc) is 2.30. The number of carbonyl (C=O) groups is 1. The molecule has 0 aliphatic heterocycles. The molecular formula is C12H15N3O3S. The molecule has 0 aliphatic carbocycles. The topological polar surface area (TPSA) is 101 Å². The third-order valence-corrected chi connectivity index (χ3v) is 2.85. The smallest absolute Gasteiger partial charge is 0.238 e. The Morgan fingerprint density at radius 2 is 1.95 bits per heavy atom. The Morgan fingerprint density at radius 1 is 1.32 bits per heavy atom. The summed E-state index contributed by atoms with van der Waals surface area (Å²) in [5.41, 5.74) is 1.14. The van der Waals surface area contributed by atoms with Gasteiger partial charge in [0.1, 0.15) is 0 Å². The number of nitrogens with one attached hydrogen (secondary N) is 2. The second-order valence-electron chi connectivity index (χ2n) is 3.86. The summed E-state index contributed by atoms with van der Waals surface area (Å²) >= 11 is 0. The maximum absolute atomic E-state index is 11.4. The van der Waals surface area contributed by atoms with Crippen LogP contribution in [0.2, 0.25) is 0 Å². The van der Waals surface area contributed by atoms with Crippen LogP contribution in [-0.2, 0) is 20.6 Å². The minimum Gasteiger partial charge on any atom is -0.325 e. The highest BCUT2D eigenvalue weighted by Gasteiger charge is 2.05. The van der Waals surface area contributed by atoms with Crippen LogP contribution >= 0.6 is 0 Å². The predicted octanol–water partition coefficient (Wildman–Crippen LogP) is -0.364. The molecule has 7 heteroatoms. The molecule has 0 saturated carbocycles. The van der Waals surface area contributed by atoms with Crippen molar-refractivity contribution < 1.29 is 13.2 Å². The van der Waals surface area contributed by atoms with Crippen molar-refractivity contribution in [3.05, 3.63) is 29.8 Å². The molecule has 0 radical (unpaired) electrons. The van der Waals surface area contributed by atoms with Crippen LogP contribution in [0, 0.1) is 12.3 Å². The predicted molar refractivity (Wildman–Crippen MR) is 73.6 cm³/mol. The molecule has 0 spiro atoms. The van der Waals surface area contributed by atoms with Gasteiger partial charge in [-0.3, -0.25) is 10.1 Å². The summed E-state index contributed by atoms with van der Waals surface area (Å²) in [6, 6.07) is 6.41. The lowest BCUT2D eigenvalue weighted by Crippen LogP contribution is -2.28. The molecule has 4 N–H and O–H groups in total. The minimum absolute atomic E-state index is 0.114. The first-order chi connectivity index (χ1) is 8.90. The first-order valence-corrected chi connectivity index (χ1v) is 7.16. The van der Waals surface area contributed by atoms with E-state index in [0.717, 1.165) is 0 Å². The van der Waals surface area contributed by atoms with Gasteiger partial charge >= 0.3 is 0 Å². The van der Waals surface area contributed by atoms with E-state index >= 15 is 0 Å². The molecule has 1 aromatic rings. The number of terminal acetylenes is 1. The monoisotopic (exact) mass is 281 g/mol. The molecule has 1 rings (SSSR count). The number of rotatable bonds is 6. The molecular weight excluding hydrogens is 266 g/mol. The third kappa shape index (κ3) is 6.57. The number of nitrogens with two attached hydrogens (primary N) is 1. The van der Waals surface area contributed by atoms with E-state index in [-0.39, 0.29) is 18.2 Å². The molecule has 0 atom stereocenters. The normalized spacial score (nSPS) is 10.7. The molecule has 0 fully saturated rings. The number of primary sulfonamides is 1. The van der Waals surface area contributed by atoms with E-state index in [1.54, 1.807) is 24.3 Å². The van der Waals surface area contributed by atoms with Crippen LogP contribution < -0.4 is 15.8 Å². The fourth-order valence-electron chi connectivity index (χ4n) is 1.37. The van der Waals surface area contributed by atoms with Crippen LogP contribution in [0.25, 0.3) is 0 Å². The third-order valence-electron chi connectivity index (χ3n) is 2.12. The van der Waals surface area contributed by atoms with Crippen LogP contribution in [0.3, 0.4) is 0 Å². The van der Waals surface area contributed by atoms with Crippen molar-refractivity contribution >= 4 is 21.6 Å². The molecule has 0 bridgehead atoms. The molecule has 0 unspecified atom stereocenters. The summed E-state index contributed by atoms with van der Waals surface area (Å²) < 4.78 is 21.8. The summed E-state index contributed by atoms with van der Waals surface area (Å²) in [6.45, 7) is 0.434. The van der Waals surface area contributed by atoms with E-state index in [1.807, 2.05) is 0 Å². The average molecular weight is 281 g/mol. The van der Waals surface area contributed by atoms with Crippen molar-refractivity contribution in [3.8, 4) is 12.3 Å². The number of benzene rings is 1. The molecule has 19 heavy (non-hydrogen) atoms. The lowest BCUT2D eigenvalue weighted by atomic mass is 10.2. The molecule has 0 saturated heterocycles. The Hall–Kier alpha value is -1.88. The second kappa shape index (κ2) is 6.89. The minimum atomic E-state index is -3.54. The Morgan fingerprint density at radius 3 is 2.47 bits per heavy atom. The molecule has 102 valence electrons. The number of anilines is 1. The van der Waals surface area contributed by atoms with Crippen LogP contribution in [0.15, 0.2) is 24.3 Å². The van der Waals surface area contributed by atoms with Crippen LogP contribution in [0.5, 0.6) is 0 Å². The maximum Gasteiger partial charge on any atom is 0.238 e. The number of hydrogen-bond acceptors (Lipinski definition) is 4. The van der Waals surface area contributed by atoms with Gasteiger partial charge in [-0.25, -0.2) is 13.6 Å². The summed E-state index contributed by atoms with van der Waals surface area (Å²) in [5.74, 6) is 1.90. The van der Waals surface area contributed by atoms with Gasteiger partial charge in [0, 0.05) is 5.69 Å². The quantitative estimate of drug-likeness (QED) is 0.489. The van der Waals surface area contributed by atoms with Crippen LogP contribution in [0.1, 0.15) is 5.56 Å². The molecule has 0 heterocycles. The van der Waals surface area contributed by atoms with E-state index in [9.17, 15) is 13.2 Å². The zero-order valence-corrected chi connectivity index (χ0v) is 11.0. The summed E-state index contributed by atoms with van der Waals surface area (Å²) in [7, 11) is -3.54. The summed E-state index contributed by atoms with van der Waals surface area (Å²) in [4.78, 5) is 11.4. The van der Waals surface area contributed by atoms with Gasteiger partial charge in [-0.05, 0) is 17.7 Å². The van der Waals surface area contributed by atoms with Gasteiger partial charge in [-0.2, -0.15) is 0 Å². The van der Waals surface area contributed by atoms with Gasteiger partial charge in [0.25, 0.3) is 0 Å². The van der Waals surface area contributed by atoms with Crippen LogP contribution in [0.4, 0.5) is 5.69 Å². The van der Waals surface area contributed by atoms with E-state index in [2.05, 4.69) is 16.6 Å². The Bertz CT molecular complexity index is 573. The first-order valence-electron chi connectivity index (χ1n) is 5.44. The maximum atomic E-state index is 11.4. The zero-order chi connectivity index (χ0) is 14.3. The standard InChI is InChI=1S/C12H15N3O3S/c1-2-7-14-8-12(16)15-11-5-3-10(4-6-11)9-19(13,17)18/h1,3-6,14H,7-9H2,(H,15,16)(H2,13,17,18). The molecule has 6 nitrogen and oxygen atoms in total. The lowest BCUT2D eigenvalue weighted by molar-refractivity contribution is -0.115. The molecule has 1 amide bonds. The fraction of sp³-hybridized carbons (Fsp3) is 0.250. The van der Waals surface area contributed by atoms with Gasteiger partial charge in [0.2, 0.25) is 15.9 Å². The van der Waals surface area contributed by atoms with Gasteiger partial charge in [-0.15, -0.1) is 6.42 Å². The zero-order valence-electron chi connectivity index (χ0n) is 10.2. The van der Waals surface area contributed by atoms with Crippen molar-refractivity contribution in [3.63, 3.8) is 0 Å². The largest absolute Gasteiger partial charge is 0.325 e. The van der Waals surface area contributed by atoms with Gasteiger partial charge in [0.05, 0.1) is 18.8 Å². The van der Waals surface area contributed by atoms with Gasteiger partial charge < -0.3 is 5.32 Å². The van der Waals surface area contributed by atoms with Crippen molar-refractivity contribution in [1.29, 1.82) is 0 Å². The van der Waals surface area contributed by atoms with E-state index in [1.165, 1.54) is 0 Å². The van der Waals surface area contributed by atoms with Gasteiger partial charge in [-0.1, -0.05) is 18.1 Å². The fourth-order valence-corrected chi connectivity index (χ4v) is 2.03. The summed E-state index contributed by atoms with van der Waals surface area (Å²) in [5, 5.41) is 10.3. The number of hydrogen-bond donors (Lipinski definition) is 3.